The lowest BCUT2D eigenvalue weighted by Crippen LogP contribution is -2.36. The summed E-state index contributed by atoms with van der Waals surface area (Å²) >= 11 is 6.17. The number of rotatable bonds is 8. The molecule has 1 N–H and O–H groups in total. The summed E-state index contributed by atoms with van der Waals surface area (Å²) in [4.78, 5) is 6.88. The largest absolute Gasteiger partial charge is 0.383 e. The average Bonchev–Trinajstić information content (AvgIpc) is 2.40. The van der Waals surface area contributed by atoms with Gasteiger partial charge in [0.2, 0.25) is 0 Å². The van der Waals surface area contributed by atoms with Gasteiger partial charge in [0.1, 0.15) is 5.82 Å². The number of likely N-dealkylation sites (N-methyl/N-ethyl adjacent to an activating group) is 1. The predicted octanol–water partition coefficient (Wildman–Crippen LogP) is 2.71. The molecule has 0 radical (unpaired) electrons. The predicted molar refractivity (Wildman–Crippen MR) is 81.0 cm³/mol. The van der Waals surface area contributed by atoms with Crippen LogP contribution < -0.4 is 10.2 Å². The number of methoxy groups -OCH3 is 1. The second-order valence-corrected chi connectivity index (χ2v) is 4.88. The molecule has 1 heterocycles. The molecular formula is C14H24ClN3O. The van der Waals surface area contributed by atoms with Crippen LogP contribution in [0.15, 0.2) is 12.1 Å². The number of hydrogen-bond donors (Lipinski definition) is 1. The first-order chi connectivity index (χ1) is 9.13. The molecule has 0 aliphatic heterocycles. The molecule has 19 heavy (non-hydrogen) atoms. The highest BCUT2D eigenvalue weighted by atomic mass is 35.5. The van der Waals surface area contributed by atoms with Crippen LogP contribution >= 0.6 is 11.6 Å². The van der Waals surface area contributed by atoms with Gasteiger partial charge in [-0.3, -0.25) is 0 Å². The zero-order valence-electron chi connectivity index (χ0n) is 12.2. The van der Waals surface area contributed by atoms with Crippen molar-refractivity contribution in [2.45, 2.75) is 33.4 Å². The van der Waals surface area contributed by atoms with E-state index in [9.17, 15) is 0 Å². The van der Waals surface area contributed by atoms with Gasteiger partial charge in [0.15, 0.2) is 0 Å². The van der Waals surface area contributed by atoms with Crippen LogP contribution in [0.5, 0.6) is 0 Å². The molecule has 1 unspecified atom stereocenters. The lowest BCUT2D eigenvalue weighted by Gasteiger charge is -2.29. The van der Waals surface area contributed by atoms with E-state index in [4.69, 9.17) is 16.3 Å². The Kier molecular flexibility index (Phi) is 7.13. The molecule has 0 aromatic carbocycles. The van der Waals surface area contributed by atoms with Gasteiger partial charge in [-0.25, -0.2) is 4.98 Å². The molecular weight excluding hydrogens is 262 g/mol. The van der Waals surface area contributed by atoms with E-state index in [1.807, 2.05) is 12.1 Å². The first-order valence-corrected chi connectivity index (χ1v) is 7.13. The number of anilines is 1. The number of nitrogens with zero attached hydrogens (tertiary/aromatic N) is 2. The van der Waals surface area contributed by atoms with Crippen molar-refractivity contribution < 1.29 is 4.74 Å². The molecule has 5 heteroatoms. The lowest BCUT2D eigenvalue weighted by molar-refractivity contribution is 0.181. The summed E-state index contributed by atoms with van der Waals surface area (Å²) in [5.74, 6) is 0.948. The third-order valence-electron chi connectivity index (χ3n) is 3.02. The van der Waals surface area contributed by atoms with E-state index in [-0.39, 0.29) is 6.04 Å². The van der Waals surface area contributed by atoms with Crippen molar-refractivity contribution in [2.24, 2.45) is 0 Å². The van der Waals surface area contributed by atoms with Gasteiger partial charge >= 0.3 is 0 Å². The molecule has 0 bridgehead atoms. The molecule has 0 fully saturated rings. The fraction of sp³-hybridized carbons (Fsp3) is 0.643. The summed E-state index contributed by atoms with van der Waals surface area (Å²) in [6.07, 6.45) is 0. The van der Waals surface area contributed by atoms with E-state index < -0.39 is 0 Å². The van der Waals surface area contributed by atoms with Gasteiger partial charge in [0, 0.05) is 20.2 Å². The zero-order chi connectivity index (χ0) is 14.3. The minimum atomic E-state index is 0.288. The molecule has 0 saturated carbocycles. The molecule has 0 spiro atoms. The van der Waals surface area contributed by atoms with Crippen LogP contribution in [0.1, 0.15) is 26.5 Å². The van der Waals surface area contributed by atoms with Crippen LogP contribution in [-0.4, -0.2) is 37.8 Å². The van der Waals surface area contributed by atoms with Crippen molar-refractivity contribution in [1.29, 1.82) is 0 Å². The summed E-state index contributed by atoms with van der Waals surface area (Å²) in [6, 6.07) is 4.17. The van der Waals surface area contributed by atoms with E-state index in [2.05, 4.69) is 36.0 Å². The SMILES string of the molecule is CCNCc1nc(N(CC)C(C)COC)ccc1Cl. The summed E-state index contributed by atoms with van der Waals surface area (Å²) in [5.41, 5.74) is 0.893. The van der Waals surface area contributed by atoms with E-state index >= 15 is 0 Å². The molecule has 1 aromatic rings. The smallest absolute Gasteiger partial charge is 0.129 e. The number of nitrogens with one attached hydrogen (secondary N) is 1. The van der Waals surface area contributed by atoms with Crippen molar-refractivity contribution in [3.05, 3.63) is 22.8 Å². The van der Waals surface area contributed by atoms with Crippen LogP contribution in [0.25, 0.3) is 0 Å². The van der Waals surface area contributed by atoms with Crippen LogP contribution in [0.2, 0.25) is 5.02 Å². The first-order valence-electron chi connectivity index (χ1n) is 6.75. The maximum Gasteiger partial charge on any atom is 0.129 e. The third kappa shape index (κ3) is 4.64. The van der Waals surface area contributed by atoms with Gasteiger partial charge in [-0.1, -0.05) is 18.5 Å². The van der Waals surface area contributed by atoms with E-state index in [0.717, 1.165) is 24.6 Å². The highest BCUT2D eigenvalue weighted by Gasteiger charge is 2.15. The Morgan fingerprint density at radius 2 is 2.16 bits per heavy atom. The minimum Gasteiger partial charge on any atom is -0.383 e. The van der Waals surface area contributed by atoms with E-state index in [0.29, 0.717) is 18.2 Å². The Bertz CT molecular complexity index is 387. The van der Waals surface area contributed by atoms with Crippen molar-refractivity contribution in [3.8, 4) is 0 Å². The highest BCUT2D eigenvalue weighted by molar-refractivity contribution is 6.31. The van der Waals surface area contributed by atoms with Gasteiger partial charge in [-0.2, -0.15) is 0 Å². The number of pyridine rings is 1. The van der Waals surface area contributed by atoms with Gasteiger partial charge in [-0.15, -0.1) is 0 Å². The van der Waals surface area contributed by atoms with Crippen molar-refractivity contribution in [3.63, 3.8) is 0 Å². The Morgan fingerprint density at radius 3 is 2.74 bits per heavy atom. The van der Waals surface area contributed by atoms with Crippen LogP contribution in [-0.2, 0) is 11.3 Å². The molecule has 4 nitrogen and oxygen atoms in total. The number of aromatic nitrogens is 1. The number of halogens is 1. The lowest BCUT2D eigenvalue weighted by atomic mass is 10.2. The van der Waals surface area contributed by atoms with E-state index in [1.54, 1.807) is 7.11 Å². The Balaban J connectivity index is 2.91. The summed E-state index contributed by atoms with van der Waals surface area (Å²) < 4.78 is 5.22. The third-order valence-corrected chi connectivity index (χ3v) is 3.37. The summed E-state index contributed by atoms with van der Waals surface area (Å²) in [6.45, 7) is 9.48. The van der Waals surface area contributed by atoms with Crippen LogP contribution in [0.4, 0.5) is 5.82 Å². The second-order valence-electron chi connectivity index (χ2n) is 4.47. The molecule has 0 aliphatic rings. The zero-order valence-corrected chi connectivity index (χ0v) is 13.0. The molecule has 0 saturated heterocycles. The molecule has 1 aromatic heterocycles. The highest BCUT2D eigenvalue weighted by Crippen LogP contribution is 2.20. The van der Waals surface area contributed by atoms with Gasteiger partial charge < -0.3 is 15.0 Å². The Morgan fingerprint density at radius 1 is 1.42 bits per heavy atom. The van der Waals surface area contributed by atoms with Crippen molar-refractivity contribution in [2.75, 3.05) is 31.7 Å². The van der Waals surface area contributed by atoms with Crippen molar-refractivity contribution >= 4 is 17.4 Å². The van der Waals surface area contributed by atoms with Gasteiger partial charge in [0.05, 0.1) is 23.4 Å². The van der Waals surface area contributed by atoms with Crippen LogP contribution in [0, 0.1) is 0 Å². The monoisotopic (exact) mass is 285 g/mol. The molecule has 1 atom stereocenters. The Hall–Kier alpha value is -0.840. The molecule has 108 valence electrons. The summed E-state index contributed by atoms with van der Waals surface area (Å²) in [5, 5.41) is 3.96. The molecule has 0 amide bonds. The van der Waals surface area contributed by atoms with Crippen LogP contribution in [0.3, 0.4) is 0 Å². The molecule has 0 aliphatic carbocycles. The Labute approximate surface area is 121 Å². The fourth-order valence-corrected chi connectivity index (χ4v) is 2.20. The fourth-order valence-electron chi connectivity index (χ4n) is 2.03. The second kappa shape index (κ2) is 8.35. The van der Waals surface area contributed by atoms with Gasteiger partial charge in [0.25, 0.3) is 0 Å². The summed E-state index contributed by atoms with van der Waals surface area (Å²) in [7, 11) is 1.72. The quantitative estimate of drug-likeness (QED) is 0.797. The van der Waals surface area contributed by atoms with Crippen molar-refractivity contribution in [1.82, 2.24) is 10.3 Å². The maximum atomic E-state index is 6.17. The standard InChI is InChI=1S/C14H24ClN3O/c1-5-16-9-13-12(15)7-8-14(17-13)18(6-2)11(3)10-19-4/h7-8,11,16H,5-6,9-10H2,1-4H3. The first kappa shape index (κ1) is 16.2. The van der Waals surface area contributed by atoms with Gasteiger partial charge in [-0.05, 0) is 32.5 Å². The van der Waals surface area contributed by atoms with E-state index in [1.165, 1.54) is 0 Å². The average molecular weight is 286 g/mol. The minimum absolute atomic E-state index is 0.288. The topological polar surface area (TPSA) is 37.4 Å². The maximum absolute atomic E-state index is 6.17. The normalized spacial score (nSPS) is 12.5. The number of hydrogen-bond acceptors (Lipinski definition) is 4. The molecule has 1 rings (SSSR count). The number of ether oxygens (including phenoxy) is 1.